The minimum Gasteiger partial charge on any atom is -0.457 e. The average molecular weight is 493 g/mol. The highest BCUT2D eigenvalue weighted by molar-refractivity contribution is 7.91. The van der Waals surface area contributed by atoms with E-state index in [4.69, 9.17) is 21.5 Å². The van der Waals surface area contributed by atoms with E-state index >= 15 is 0 Å². The molecule has 4 N–H and O–H groups in total. The van der Waals surface area contributed by atoms with Crippen LogP contribution in [0.25, 0.3) is 0 Å². The predicted molar refractivity (Wildman–Crippen MR) is 123 cm³/mol. The van der Waals surface area contributed by atoms with Gasteiger partial charge in [0.15, 0.2) is 9.84 Å². The summed E-state index contributed by atoms with van der Waals surface area (Å²) in [7, 11) is -3.89. The molecule has 3 rings (SSSR count). The van der Waals surface area contributed by atoms with Crippen molar-refractivity contribution in [3.8, 4) is 11.5 Å². The molecule has 11 heteroatoms. The van der Waals surface area contributed by atoms with E-state index < -0.39 is 27.0 Å². The van der Waals surface area contributed by atoms with Crippen LogP contribution in [-0.2, 0) is 14.6 Å². The third-order valence-corrected chi connectivity index (χ3v) is 7.35. The van der Waals surface area contributed by atoms with Gasteiger partial charge < -0.3 is 10.1 Å². The van der Waals surface area contributed by atoms with Crippen LogP contribution in [0.3, 0.4) is 0 Å². The fourth-order valence-electron chi connectivity index (χ4n) is 3.26. The summed E-state index contributed by atoms with van der Waals surface area (Å²) < 4.78 is 32.6. The summed E-state index contributed by atoms with van der Waals surface area (Å²) in [6.45, 7) is 3.47. The van der Waals surface area contributed by atoms with E-state index in [2.05, 4.69) is 15.5 Å². The van der Waals surface area contributed by atoms with Gasteiger partial charge in [0.05, 0.1) is 16.6 Å². The Bertz CT molecular complexity index is 1150. The van der Waals surface area contributed by atoms with Crippen molar-refractivity contribution >= 4 is 27.3 Å². The highest BCUT2D eigenvalue weighted by atomic mass is 35.5. The van der Waals surface area contributed by atoms with Crippen molar-refractivity contribution < 1.29 is 23.2 Å². The fourth-order valence-corrected chi connectivity index (χ4v) is 4.99. The molecule has 1 heterocycles. The zero-order valence-corrected chi connectivity index (χ0v) is 19.6. The first-order chi connectivity index (χ1) is 15.7. The molecule has 0 spiro atoms. The van der Waals surface area contributed by atoms with Crippen molar-refractivity contribution in [2.24, 2.45) is 5.92 Å². The number of hydrogen-bond donors (Lipinski definition) is 4. The van der Waals surface area contributed by atoms with Crippen LogP contribution in [0.5, 0.6) is 11.5 Å². The summed E-state index contributed by atoms with van der Waals surface area (Å²) in [5.74, 6) is 0.191. The number of amides is 1. The number of carbonyl (C=O) groups is 1. The molecule has 176 valence electrons. The van der Waals surface area contributed by atoms with Crippen LogP contribution in [0, 0.1) is 5.92 Å². The summed E-state index contributed by atoms with van der Waals surface area (Å²) in [5.41, 5.74) is 1.91. The molecule has 0 aliphatic heterocycles. The Hall–Kier alpha value is -2.92. The van der Waals surface area contributed by atoms with Crippen LogP contribution in [-0.4, -0.2) is 42.3 Å². The lowest BCUT2D eigenvalue weighted by Gasteiger charge is -2.23. The number of aromatic amines is 1. The molecule has 1 unspecified atom stereocenters. The third kappa shape index (κ3) is 6.11. The van der Waals surface area contributed by atoms with E-state index in [-0.39, 0.29) is 17.4 Å². The topological polar surface area (TPSA) is 133 Å². The fraction of sp³-hybridized carbons (Fsp3) is 0.273. The second kappa shape index (κ2) is 10.8. The zero-order chi connectivity index (χ0) is 24.0. The average Bonchev–Trinajstić information content (AvgIpc) is 3.32. The van der Waals surface area contributed by atoms with Crippen molar-refractivity contribution in [2.75, 3.05) is 6.54 Å². The standard InChI is InChI=1S/C22H25ClN4O5S/c1-14(2)21(22(28)27-29)24-13-20(19-11-12-25-26-19)33(30,31)18-9-7-17(8-10-18)32-16-5-3-15(23)4-6-16/h3-12,14,20-21,24,29H,13H2,1-2H3,(H,25,26)(H,27,28)/t20?,21-/m1/s1. The number of sulfone groups is 1. The summed E-state index contributed by atoms with van der Waals surface area (Å²) in [6, 6.07) is 13.6. The van der Waals surface area contributed by atoms with Crippen LogP contribution in [0.1, 0.15) is 24.8 Å². The molecule has 0 aliphatic rings. The first kappa shape index (κ1) is 24.7. The molecular weight excluding hydrogens is 468 g/mol. The number of hydrogen-bond acceptors (Lipinski definition) is 7. The van der Waals surface area contributed by atoms with E-state index in [9.17, 15) is 13.2 Å². The van der Waals surface area contributed by atoms with E-state index in [1.54, 1.807) is 61.8 Å². The molecular formula is C22H25ClN4O5S. The SMILES string of the molecule is CC(C)[C@@H](NCC(c1cc[nH]n1)S(=O)(=O)c1ccc(Oc2ccc(Cl)cc2)cc1)C(=O)NO. The Kier molecular flexibility index (Phi) is 8.09. The molecule has 0 bridgehead atoms. The van der Waals surface area contributed by atoms with Gasteiger partial charge in [-0.1, -0.05) is 25.4 Å². The number of nitrogens with one attached hydrogen (secondary N) is 3. The van der Waals surface area contributed by atoms with Crippen molar-refractivity contribution in [3.63, 3.8) is 0 Å². The van der Waals surface area contributed by atoms with Gasteiger partial charge in [-0.15, -0.1) is 0 Å². The van der Waals surface area contributed by atoms with Gasteiger partial charge in [-0.3, -0.25) is 15.1 Å². The second-order valence-electron chi connectivity index (χ2n) is 7.67. The smallest absolute Gasteiger partial charge is 0.260 e. The molecule has 0 radical (unpaired) electrons. The first-order valence-corrected chi connectivity index (χ1v) is 12.1. The van der Waals surface area contributed by atoms with Gasteiger partial charge in [-0.25, -0.2) is 13.9 Å². The monoisotopic (exact) mass is 492 g/mol. The maximum atomic E-state index is 13.5. The van der Waals surface area contributed by atoms with Crippen LogP contribution >= 0.6 is 11.6 Å². The van der Waals surface area contributed by atoms with Crippen molar-refractivity contribution in [1.82, 2.24) is 21.0 Å². The first-order valence-electron chi connectivity index (χ1n) is 10.2. The number of carbonyl (C=O) groups excluding carboxylic acids is 1. The number of ether oxygens (including phenoxy) is 1. The van der Waals surface area contributed by atoms with Crippen molar-refractivity contribution in [1.29, 1.82) is 0 Å². The lowest BCUT2D eigenvalue weighted by atomic mass is 10.0. The highest BCUT2D eigenvalue weighted by Gasteiger charge is 2.33. The van der Waals surface area contributed by atoms with Gasteiger partial charge in [0, 0.05) is 17.8 Å². The molecule has 9 nitrogen and oxygen atoms in total. The normalized spacial score (nSPS) is 13.5. The van der Waals surface area contributed by atoms with Crippen LogP contribution in [0.2, 0.25) is 5.02 Å². The number of hydroxylamine groups is 1. The van der Waals surface area contributed by atoms with Gasteiger partial charge in [0.1, 0.15) is 16.7 Å². The minimum absolute atomic E-state index is 0.0773. The lowest BCUT2D eigenvalue weighted by molar-refractivity contribution is -0.132. The zero-order valence-electron chi connectivity index (χ0n) is 18.0. The molecule has 0 saturated heterocycles. The molecule has 2 atom stereocenters. The van der Waals surface area contributed by atoms with Crippen LogP contribution in [0.15, 0.2) is 65.7 Å². The molecule has 0 fully saturated rings. The second-order valence-corrected chi connectivity index (χ2v) is 10.2. The molecule has 0 aliphatic carbocycles. The number of nitrogens with zero attached hydrogens (tertiary/aromatic N) is 1. The number of aromatic nitrogens is 2. The molecule has 3 aromatic rings. The van der Waals surface area contributed by atoms with Gasteiger partial charge in [-0.2, -0.15) is 5.10 Å². The van der Waals surface area contributed by atoms with Crippen molar-refractivity contribution in [3.05, 3.63) is 71.5 Å². The number of benzene rings is 2. The van der Waals surface area contributed by atoms with E-state index in [0.717, 1.165) is 0 Å². The Labute approximate surface area is 197 Å². The Morgan fingerprint density at radius 2 is 1.70 bits per heavy atom. The largest absolute Gasteiger partial charge is 0.457 e. The summed E-state index contributed by atoms with van der Waals surface area (Å²) in [4.78, 5) is 12.0. The maximum absolute atomic E-state index is 13.5. The maximum Gasteiger partial charge on any atom is 0.260 e. The van der Waals surface area contributed by atoms with Gasteiger partial charge >= 0.3 is 0 Å². The Balaban J connectivity index is 1.82. The van der Waals surface area contributed by atoms with Crippen LogP contribution < -0.4 is 15.5 Å². The summed E-state index contributed by atoms with van der Waals surface area (Å²) in [6.07, 6.45) is 1.53. The molecule has 0 saturated carbocycles. The number of H-pyrrole nitrogens is 1. The molecule has 1 aromatic heterocycles. The number of halogens is 1. The van der Waals surface area contributed by atoms with E-state index in [1.165, 1.54) is 18.3 Å². The highest BCUT2D eigenvalue weighted by Crippen LogP contribution is 2.30. The lowest BCUT2D eigenvalue weighted by Crippen LogP contribution is -2.48. The molecule has 2 aromatic carbocycles. The predicted octanol–water partition coefficient (Wildman–Crippen LogP) is 3.49. The van der Waals surface area contributed by atoms with Gasteiger partial charge in [0.2, 0.25) is 0 Å². The summed E-state index contributed by atoms with van der Waals surface area (Å²) >= 11 is 5.88. The third-order valence-electron chi connectivity index (χ3n) is 5.01. The van der Waals surface area contributed by atoms with E-state index in [1.807, 2.05) is 0 Å². The minimum atomic E-state index is -3.89. The quantitative estimate of drug-likeness (QED) is 0.251. The Morgan fingerprint density at radius 1 is 1.09 bits per heavy atom. The van der Waals surface area contributed by atoms with Gasteiger partial charge in [0.25, 0.3) is 5.91 Å². The summed E-state index contributed by atoms with van der Waals surface area (Å²) in [5, 5.41) is 18.1. The molecule has 1 amide bonds. The van der Waals surface area contributed by atoms with Crippen LogP contribution in [0.4, 0.5) is 0 Å². The molecule has 33 heavy (non-hydrogen) atoms. The van der Waals surface area contributed by atoms with E-state index in [0.29, 0.717) is 22.2 Å². The van der Waals surface area contributed by atoms with Gasteiger partial charge in [-0.05, 0) is 60.5 Å². The number of rotatable bonds is 10. The Morgan fingerprint density at radius 3 is 2.21 bits per heavy atom. The van der Waals surface area contributed by atoms with Crippen molar-refractivity contribution in [2.45, 2.75) is 30.0 Å².